The summed E-state index contributed by atoms with van der Waals surface area (Å²) < 4.78 is 4.15. The number of ether oxygens (including phenoxy) is 1. The van der Waals surface area contributed by atoms with E-state index in [1.807, 2.05) is 0 Å². The molecule has 0 aromatic rings. The van der Waals surface area contributed by atoms with Crippen LogP contribution in [0.2, 0.25) is 0 Å². The SMILES string of the molecule is COC(=O)N=CC(C(=O)O)C(C)O. The van der Waals surface area contributed by atoms with E-state index in [0.717, 1.165) is 13.3 Å². The van der Waals surface area contributed by atoms with Crippen LogP contribution in [-0.2, 0) is 9.53 Å². The number of amides is 1. The Bertz CT molecular complexity index is 223. The number of rotatable bonds is 3. The number of nitrogens with zero attached hydrogens (tertiary/aromatic N) is 1. The van der Waals surface area contributed by atoms with Crippen molar-refractivity contribution in [1.29, 1.82) is 0 Å². The second-order valence-corrected chi connectivity index (χ2v) is 2.35. The van der Waals surface area contributed by atoms with E-state index < -0.39 is 24.1 Å². The lowest BCUT2D eigenvalue weighted by atomic mass is 10.1. The molecule has 0 spiro atoms. The van der Waals surface area contributed by atoms with Crippen LogP contribution in [0.1, 0.15) is 6.92 Å². The second-order valence-electron chi connectivity index (χ2n) is 2.35. The summed E-state index contributed by atoms with van der Waals surface area (Å²) in [6.07, 6.45) is -1.16. The molecule has 2 unspecified atom stereocenters. The monoisotopic (exact) mass is 189 g/mol. The molecule has 0 heterocycles. The van der Waals surface area contributed by atoms with Crippen LogP contribution in [-0.4, -0.2) is 41.7 Å². The number of carbonyl (C=O) groups is 2. The molecule has 0 saturated heterocycles. The predicted molar refractivity (Wildman–Crippen MR) is 43.7 cm³/mol. The zero-order chi connectivity index (χ0) is 10.4. The second kappa shape index (κ2) is 5.26. The zero-order valence-electron chi connectivity index (χ0n) is 7.30. The summed E-state index contributed by atoms with van der Waals surface area (Å²) in [5.41, 5.74) is 0. The number of carboxylic acid groups (broad SMARTS) is 1. The molecule has 13 heavy (non-hydrogen) atoms. The highest BCUT2D eigenvalue weighted by Gasteiger charge is 2.20. The molecule has 0 aliphatic carbocycles. The third-order valence-electron chi connectivity index (χ3n) is 1.32. The first kappa shape index (κ1) is 11.6. The summed E-state index contributed by atoms with van der Waals surface area (Å²) in [6, 6.07) is 0. The van der Waals surface area contributed by atoms with E-state index in [1.54, 1.807) is 0 Å². The van der Waals surface area contributed by atoms with Gasteiger partial charge in [0.25, 0.3) is 0 Å². The van der Waals surface area contributed by atoms with Crippen LogP contribution < -0.4 is 0 Å². The van der Waals surface area contributed by atoms with Crippen molar-refractivity contribution in [2.75, 3.05) is 7.11 Å². The highest BCUT2D eigenvalue weighted by Crippen LogP contribution is 2.00. The van der Waals surface area contributed by atoms with Crippen LogP contribution in [0.3, 0.4) is 0 Å². The van der Waals surface area contributed by atoms with Gasteiger partial charge in [0.15, 0.2) is 0 Å². The number of hydrogen-bond acceptors (Lipinski definition) is 4. The lowest BCUT2D eigenvalue weighted by molar-refractivity contribution is -0.141. The van der Waals surface area contributed by atoms with E-state index >= 15 is 0 Å². The van der Waals surface area contributed by atoms with Crippen LogP contribution in [0.25, 0.3) is 0 Å². The van der Waals surface area contributed by atoms with Gasteiger partial charge in [-0.1, -0.05) is 0 Å². The predicted octanol–water partition coefficient (Wildman–Crippen LogP) is -0.0948. The normalized spacial score (nSPS) is 15.3. The van der Waals surface area contributed by atoms with Crippen molar-refractivity contribution in [1.82, 2.24) is 0 Å². The number of methoxy groups -OCH3 is 1. The number of aliphatic imine (C=N–C) groups is 1. The van der Waals surface area contributed by atoms with Gasteiger partial charge in [-0.2, -0.15) is 4.99 Å². The van der Waals surface area contributed by atoms with Crippen molar-refractivity contribution < 1.29 is 24.5 Å². The van der Waals surface area contributed by atoms with Gasteiger partial charge in [-0.15, -0.1) is 0 Å². The Morgan fingerprint density at radius 1 is 1.54 bits per heavy atom. The molecule has 2 N–H and O–H groups in total. The van der Waals surface area contributed by atoms with Crippen molar-refractivity contribution in [3.8, 4) is 0 Å². The van der Waals surface area contributed by atoms with Crippen molar-refractivity contribution in [2.24, 2.45) is 10.9 Å². The Kier molecular flexibility index (Phi) is 4.68. The Morgan fingerprint density at radius 3 is 2.38 bits per heavy atom. The van der Waals surface area contributed by atoms with Gasteiger partial charge in [0.1, 0.15) is 5.92 Å². The quantitative estimate of drug-likeness (QED) is 0.604. The third-order valence-corrected chi connectivity index (χ3v) is 1.32. The van der Waals surface area contributed by atoms with E-state index in [1.165, 1.54) is 6.92 Å². The molecule has 0 radical (unpaired) electrons. The summed E-state index contributed by atoms with van der Waals surface area (Å²) in [5.74, 6) is -2.44. The van der Waals surface area contributed by atoms with E-state index in [2.05, 4.69) is 9.73 Å². The zero-order valence-corrected chi connectivity index (χ0v) is 7.30. The van der Waals surface area contributed by atoms with Gasteiger partial charge in [0, 0.05) is 6.21 Å². The number of aliphatic hydroxyl groups is 1. The molecule has 1 amide bonds. The highest BCUT2D eigenvalue weighted by molar-refractivity contribution is 5.93. The molecule has 0 aromatic heterocycles. The standard InChI is InChI=1S/C7H11NO5/c1-4(9)5(6(10)11)3-8-7(12)13-2/h3-5,9H,1-2H3,(H,10,11). The van der Waals surface area contributed by atoms with Gasteiger partial charge in [-0.05, 0) is 6.92 Å². The average molecular weight is 189 g/mol. The lowest BCUT2D eigenvalue weighted by Crippen LogP contribution is -2.27. The first-order chi connectivity index (χ1) is 5.99. The summed E-state index contributed by atoms with van der Waals surface area (Å²) in [5, 5.41) is 17.5. The maximum atomic E-state index is 10.5. The summed E-state index contributed by atoms with van der Waals surface area (Å²) in [7, 11) is 1.12. The van der Waals surface area contributed by atoms with Gasteiger partial charge < -0.3 is 14.9 Å². The number of carbonyl (C=O) groups excluding carboxylic acids is 1. The fraction of sp³-hybridized carbons (Fsp3) is 0.571. The minimum absolute atomic E-state index is 0.846. The van der Waals surface area contributed by atoms with Crippen molar-refractivity contribution >= 4 is 18.3 Å². The van der Waals surface area contributed by atoms with Crippen LogP contribution >= 0.6 is 0 Å². The molecule has 6 nitrogen and oxygen atoms in total. The van der Waals surface area contributed by atoms with Crippen LogP contribution in [0, 0.1) is 5.92 Å². The van der Waals surface area contributed by atoms with Gasteiger partial charge in [-0.25, -0.2) is 4.79 Å². The van der Waals surface area contributed by atoms with Gasteiger partial charge in [0.2, 0.25) is 0 Å². The molecule has 0 aromatic carbocycles. The first-order valence-corrected chi connectivity index (χ1v) is 3.52. The van der Waals surface area contributed by atoms with Gasteiger partial charge in [0.05, 0.1) is 13.2 Å². The van der Waals surface area contributed by atoms with Crippen LogP contribution in [0.15, 0.2) is 4.99 Å². The van der Waals surface area contributed by atoms with E-state index in [4.69, 9.17) is 10.2 Å². The maximum Gasteiger partial charge on any atom is 0.432 e. The van der Waals surface area contributed by atoms with E-state index in [-0.39, 0.29) is 0 Å². The molecular weight excluding hydrogens is 178 g/mol. The minimum atomic E-state index is -1.25. The smallest absolute Gasteiger partial charge is 0.432 e. The summed E-state index contributed by atoms with van der Waals surface area (Å²) in [4.78, 5) is 24.1. The Morgan fingerprint density at radius 2 is 2.08 bits per heavy atom. The Labute approximate surface area is 74.8 Å². The van der Waals surface area contributed by atoms with Crippen molar-refractivity contribution in [3.05, 3.63) is 0 Å². The molecule has 2 atom stereocenters. The summed E-state index contributed by atoms with van der Waals surface area (Å²) in [6.45, 7) is 1.29. The Balaban J connectivity index is 4.34. The fourth-order valence-electron chi connectivity index (χ4n) is 0.589. The van der Waals surface area contributed by atoms with E-state index in [9.17, 15) is 9.59 Å². The molecule has 0 bridgehead atoms. The molecule has 0 saturated carbocycles. The molecule has 0 rings (SSSR count). The van der Waals surface area contributed by atoms with Gasteiger partial charge >= 0.3 is 12.1 Å². The molecule has 0 aliphatic rings. The Hall–Kier alpha value is -1.43. The largest absolute Gasteiger partial charge is 0.481 e. The number of aliphatic hydroxyl groups excluding tert-OH is 1. The number of carboxylic acids is 1. The third kappa shape index (κ3) is 4.22. The van der Waals surface area contributed by atoms with E-state index in [0.29, 0.717) is 0 Å². The lowest BCUT2D eigenvalue weighted by Gasteiger charge is -2.08. The van der Waals surface area contributed by atoms with Crippen molar-refractivity contribution in [2.45, 2.75) is 13.0 Å². The number of aliphatic carboxylic acids is 1. The van der Waals surface area contributed by atoms with Gasteiger partial charge in [-0.3, -0.25) is 4.79 Å². The van der Waals surface area contributed by atoms with Crippen molar-refractivity contribution in [3.63, 3.8) is 0 Å². The molecule has 6 heteroatoms. The fourth-order valence-corrected chi connectivity index (χ4v) is 0.589. The highest BCUT2D eigenvalue weighted by atomic mass is 16.5. The molecule has 0 aliphatic heterocycles. The number of hydrogen-bond donors (Lipinski definition) is 2. The first-order valence-electron chi connectivity index (χ1n) is 3.52. The molecule has 74 valence electrons. The minimum Gasteiger partial charge on any atom is -0.481 e. The van der Waals surface area contributed by atoms with Crippen LogP contribution in [0.5, 0.6) is 0 Å². The molecular formula is C7H11NO5. The average Bonchev–Trinajstić information content (AvgIpc) is 2.03. The van der Waals surface area contributed by atoms with Crippen LogP contribution in [0.4, 0.5) is 4.79 Å². The summed E-state index contributed by atoms with van der Waals surface area (Å²) >= 11 is 0. The molecule has 0 fully saturated rings. The maximum absolute atomic E-state index is 10.5. The topological polar surface area (TPSA) is 96.2 Å².